The lowest BCUT2D eigenvalue weighted by Gasteiger charge is -2.32. The van der Waals surface area contributed by atoms with Crippen molar-refractivity contribution in [3.8, 4) is 0 Å². The third kappa shape index (κ3) is 3.52. The molecule has 0 N–H and O–H groups in total. The normalized spacial score (nSPS) is 21.1. The van der Waals surface area contributed by atoms with Crippen molar-refractivity contribution in [2.45, 2.75) is 40.0 Å². The Morgan fingerprint density at radius 1 is 1.06 bits per heavy atom. The van der Waals surface area contributed by atoms with Gasteiger partial charge in [-0.2, -0.15) is 10.2 Å². The molecule has 0 saturated heterocycles. The van der Waals surface area contributed by atoms with Crippen molar-refractivity contribution in [1.29, 1.82) is 0 Å². The van der Waals surface area contributed by atoms with Crippen LogP contribution in [0.25, 0.3) is 0 Å². The van der Waals surface area contributed by atoms with Gasteiger partial charge in [0.05, 0.1) is 11.4 Å². The van der Waals surface area contributed by atoms with Crippen molar-refractivity contribution in [2.24, 2.45) is 21.6 Å². The van der Waals surface area contributed by atoms with Crippen molar-refractivity contribution in [2.75, 3.05) is 0 Å². The molecular formula is C16H22N2. The van der Waals surface area contributed by atoms with Gasteiger partial charge in [0.1, 0.15) is 0 Å². The van der Waals surface area contributed by atoms with Crippen molar-refractivity contribution >= 4 is 5.69 Å². The first-order valence-electron chi connectivity index (χ1n) is 6.71. The molecule has 2 rings (SSSR count). The Morgan fingerprint density at radius 2 is 1.78 bits per heavy atom. The van der Waals surface area contributed by atoms with E-state index in [4.69, 9.17) is 0 Å². The van der Waals surface area contributed by atoms with E-state index in [0.717, 1.165) is 30.1 Å². The molecule has 2 nitrogen and oxygen atoms in total. The number of azo groups is 1. The van der Waals surface area contributed by atoms with Crippen LogP contribution in [-0.4, -0.2) is 0 Å². The van der Waals surface area contributed by atoms with Crippen LogP contribution in [0, 0.1) is 11.3 Å². The standard InChI is InChI=1S/C16H22N2/c1-16(2,3)13-9-11-15(12-10-13)18-17-14-7-5-4-6-8-14/h4-8,11,13H,9-10,12H2,1-3H3. The van der Waals surface area contributed by atoms with Crippen molar-refractivity contribution in [3.05, 3.63) is 42.1 Å². The van der Waals surface area contributed by atoms with Crippen LogP contribution >= 0.6 is 0 Å². The van der Waals surface area contributed by atoms with Gasteiger partial charge in [-0.15, -0.1) is 0 Å². The van der Waals surface area contributed by atoms with Crippen LogP contribution in [0.3, 0.4) is 0 Å². The average Bonchev–Trinajstić information content (AvgIpc) is 2.37. The third-order valence-electron chi connectivity index (χ3n) is 3.66. The van der Waals surface area contributed by atoms with Gasteiger partial charge < -0.3 is 0 Å². The highest BCUT2D eigenvalue weighted by atomic mass is 15.1. The van der Waals surface area contributed by atoms with Gasteiger partial charge in [-0.05, 0) is 42.7 Å². The van der Waals surface area contributed by atoms with Crippen molar-refractivity contribution < 1.29 is 0 Å². The average molecular weight is 242 g/mol. The van der Waals surface area contributed by atoms with Crippen LogP contribution in [0.1, 0.15) is 40.0 Å². The zero-order valence-electron chi connectivity index (χ0n) is 11.6. The molecule has 0 aromatic heterocycles. The van der Waals surface area contributed by atoms with Crippen LogP contribution in [0.2, 0.25) is 0 Å². The molecule has 0 saturated carbocycles. The van der Waals surface area contributed by atoms with Gasteiger partial charge in [0, 0.05) is 0 Å². The first-order valence-corrected chi connectivity index (χ1v) is 6.71. The van der Waals surface area contributed by atoms with Gasteiger partial charge in [0.15, 0.2) is 0 Å². The van der Waals surface area contributed by atoms with E-state index < -0.39 is 0 Å². The van der Waals surface area contributed by atoms with E-state index in [9.17, 15) is 0 Å². The van der Waals surface area contributed by atoms with Crippen LogP contribution in [-0.2, 0) is 0 Å². The lowest BCUT2D eigenvalue weighted by atomic mass is 9.74. The zero-order chi connectivity index (χ0) is 13.0. The predicted octanol–water partition coefficient (Wildman–Crippen LogP) is 5.50. The molecule has 1 unspecified atom stereocenters. The van der Waals surface area contributed by atoms with Crippen LogP contribution in [0.4, 0.5) is 5.69 Å². The molecule has 18 heavy (non-hydrogen) atoms. The summed E-state index contributed by atoms with van der Waals surface area (Å²) in [6, 6.07) is 9.92. The van der Waals surface area contributed by atoms with Gasteiger partial charge >= 0.3 is 0 Å². The van der Waals surface area contributed by atoms with E-state index in [-0.39, 0.29) is 0 Å². The maximum absolute atomic E-state index is 4.36. The summed E-state index contributed by atoms with van der Waals surface area (Å²) >= 11 is 0. The van der Waals surface area contributed by atoms with Crippen molar-refractivity contribution in [1.82, 2.24) is 0 Å². The van der Waals surface area contributed by atoms with Gasteiger partial charge in [0.25, 0.3) is 0 Å². The highest BCUT2D eigenvalue weighted by Gasteiger charge is 2.26. The van der Waals surface area contributed by atoms with Gasteiger partial charge in [-0.1, -0.05) is 45.0 Å². The predicted molar refractivity (Wildman–Crippen MR) is 75.8 cm³/mol. The fourth-order valence-corrected chi connectivity index (χ4v) is 2.31. The number of nitrogens with zero attached hydrogens (tertiary/aromatic N) is 2. The quantitative estimate of drug-likeness (QED) is 0.612. The minimum Gasteiger partial charge on any atom is -0.155 e. The largest absolute Gasteiger partial charge is 0.155 e. The minimum absolute atomic E-state index is 0.401. The maximum Gasteiger partial charge on any atom is 0.0856 e. The molecule has 1 aromatic carbocycles. The Kier molecular flexibility index (Phi) is 3.95. The zero-order valence-corrected chi connectivity index (χ0v) is 11.6. The molecule has 1 aliphatic carbocycles. The number of hydrogen-bond donors (Lipinski definition) is 0. The number of allylic oxidation sites excluding steroid dienone is 2. The molecule has 0 fully saturated rings. The molecule has 1 aromatic rings. The molecule has 0 heterocycles. The highest BCUT2D eigenvalue weighted by Crippen LogP contribution is 2.37. The van der Waals surface area contributed by atoms with E-state index in [2.05, 4.69) is 37.1 Å². The molecule has 0 aliphatic heterocycles. The first kappa shape index (κ1) is 13.0. The molecule has 0 bridgehead atoms. The highest BCUT2D eigenvalue weighted by molar-refractivity contribution is 5.35. The van der Waals surface area contributed by atoms with Gasteiger partial charge in [-0.25, -0.2) is 0 Å². The second-order valence-corrected chi connectivity index (χ2v) is 6.07. The lowest BCUT2D eigenvalue weighted by Crippen LogP contribution is -2.21. The monoisotopic (exact) mass is 242 g/mol. The third-order valence-corrected chi connectivity index (χ3v) is 3.66. The minimum atomic E-state index is 0.401. The summed E-state index contributed by atoms with van der Waals surface area (Å²) in [6.07, 6.45) is 5.67. The second-order valence-electron chi connectivity index (χ2n) is 6.07. The number of benzene rings is 1. The summed E-state index contributed by atoms with van der Waals surface area (Å²) in [7, 11) is 0. The molecular weight excluding hydrogens is 220 g/mol. The smallest absolute Gasteiger partial charge is 0.0856 e. The summed E-state index contributed by atoms with van der Waals surface area (Å²) in [4.78, 5) is 0. The Bertz CT molecular complexity index is 438. The summed E-state index contributed by atoms with van der Waals surface area (Å²) in [6.45, 7) is 6.96. The van der Waals surface area contributed by atoms with Crippen LogP contribution < -0.4 is 0 Å². The molecule has 1 aliphatic rings. The molecule has 0 spiro atoms. The SMILES string of the molecule is CC(C)(C)C1CC=C(N=Nc2ccccc2)CC1. The molecule has 2 heteroatoms. The maximum atomic E-state index is 4.36. The molecule has 0 amide bonds. The van der Waals surface area contributed by atoms with E-state index in [1.54, 1.807) is 0 Å². The Labute approximate surface area is 110 Å². The van der Waals surface area contributed by atoms with Crippen molar-refractivity contribution in [3.63, 3.8) is 0 Å². The Balaban J connectivity index is 1.97. The van der Waals surface area contributed by atoms with E-state index in [1.165, 1.54) is 6.42 Å². The summed E-state index contributed by atoms with van der Waals surface area (Å²) in [5, 5.41) is 8.63. The van der Waals surface area contributed by atoms with E-state index >= 15 is 0 Å². The fourth-order valence-electron chi connectivity index (χ4n) is 2.31. The van der Waals surface area contributed by atoms with Crippen LogP contribution in [0.5, 0.6) is 0 Å². The van der Waals surface area contributed by atoms with Gasteiger partial charge in [-0.3, -0.25) is 0 Å². The van der Waals surface area contributed by atoms with E-state index in [1.807, 2.05) is 30.3 Å². The number of rotatable bonds is 2. The molecule has 1 atom stereocenters. The first-order chi connectivity index (χ1) is 8.55. The molecule has 0 radical (unpaired) electrons. The number of hydrogen-bond acceptors (Lipinski definition) is 2. The fraction of sp³-hybridized carbons (Fsp3) is 0.500. The van der Waals surface area contributed by atoms with E-state index in [0.29, 0.717) is 5.41 Å². The summed E-state index contributed by atoms with van der Waals surface area (Å²) in [5.41, 5.74) is 2.47. The Morgan fingerprint density at radius 3 is 2.33 bits per heavy atom. The van der Waals surface area contributed by atoms with Gasteiger partial charge in [0.2, 0.25) is 0 Å². The summed E-state index contributed by atoms with van der Waals surface area (Å²) < 4.78 is 0. The molecule has 96 valence electrons. The second kappa shape index (κ2) is 5.47. The van der Waals surface area contributed by atoms with Crippen LogP contribution in [0.15, 0.2) is 52.3 Å². The topological polar surface area (TPSA) is 24.7 Å². The Hall–Kier alpha value is -1.44. The lowest BCUT2D eigenvalue weighted by molar-refractivity contribution is 0.220. The summed E-state index contributed by atoms with van der Waals surface area (Å²) in [5.74, 6) is 0.771.